The van der Waals surface area contributed by atoms with Crippen molar-refractivity contribution in [3.63, 3.8) is 0 Å². The molecule has 3 rings (SSSR count). The lowest BCUT2D eigenvalue weighted by atomic mass is 10.2. The molecule has 2 atom stereocenters. The van der Waals surface area contributed by atoms with E-state index in [1.807, 2.05) is 42.5 Å². The maximum atomic E-state index is 12.4. The Hall–Kier alpha value is -2.53. The fraction of sp³-hybridized carbons (Fsp3) is 0.364. The van der Waals surface area contributed by atoms with Crippen LogP contribution in [0.5, 0.6) is 0 Å². The van der Waals surface area contributed by atoms with E-state index < -0.39 is 0 Å². The molecule has 0 radical (unpaired) electrons. The average molecular weight is 400 g/mol. The normalized spacial score (nSPS) is 17.7. The Morgan fingerprint density at radius 3 is 2.29 bits per heavy atom. The van der Waals surface area contributed by atoms with Gasteiger partial charge in [-0.2, -0.15) is 0 Å². The molecule has 1 fully saturated rings. The summed E-state index contributed by atoms with van der Waals surface area (Å²) in [6.07, 6.45) is 0.581. The van der Waals surface area contributed by atoms with Gasteiger partial charge in [0.1, 0.15) is 0 Å². The standard InChI is InChI=1S/C22H26ClN3O2/c1-3-26(4-2)17-11-9-16(10-12-17)25-22(28)19-13-18(19)21(27)24-14-15-7-5-6-8-20(15)23/h5-12,18-19H,3-4,13-14H2,1-2H3,(H,24,27)(H,25,28). The number of hydrogen-bond donors (Lipinski definition) is 2. The zero-order valence-corrected chi connectivity index (χ0v) is 17.0. The topological polar surface area (TPSA) is 61.4 Å². The highest BCUT2D eigenvalue weighted by Crippen LogP contribution is 2.39. The number of carbonyl (C=O) groups excluding carboxylic acids is 2. The van der Waals surface area contributed by atoms with Crippen LogP contribution in [-0.4, -0.2) is 24.9 Å². The van der Waals surface area contributed by atoms with Gasteiger partial charge in [0.2, 0.25) is 11.8 Å². The van der Waals surface area contributed by atoms with Crippen molar-refractivity contribution in [2.45, 2.75) is 26.8 Å². The third-order valence-corrected chi connectivity index (χ3v) is 5.51. The second-order valence-electron chi connectivity index (χ2n) is 6.97. The minimum atomic E-state index is -0.270. The van der Waals surface area contributed by atoms with Gasteiger partial charge in [0.05, 0.1) is 11.8 Å². The van der Waals surface area contributed by atoms with Gasteiger partial charge in [-0.15, -0.1) is 0 Å². The molecule has 0 saturated heterocycles. The monoisotopic (exact) mass is 399 g/mol. The summed E-state index contributed by atoms with van der Waals surface area (Å²) in [6, 6.07) is 15.2. The van der Waals surface area contributed by atoms with Gasteiger partial charge in [-0.3, -0.25) is 9.59 Å². The highest BCUT2D eigenvalue weighted by atomic mass is 35.5. The summed E-state index contributed by atoms with van der Waals surface area (Å²) >= 11 is 6.10. The van der Waals surface area contributed by atoms with Crippen LogP contribution in [0.15, 0.2) is 48.5 Å². The van der Waals surface area contributed by atoms with Gasteiger partial charge < -0.3 is 15.5 Å². The molecular weight excluding hydrogens is 374 g/mol. The van der Waals surface area contributed by atoms with E-state index in [1.54, 1.807) is 6.07 Å². The Kier molecular flexibility index (Phi) is 6.57. The quantitative estimate of drug-likeness (QED) is 0.703. The first-order valence-corrected chi connectivity index (χ1v) is 10.1. The summed E-state index contributed by atoms with van der Waals surface area (Å²) in [5.41, 5.74) is 2.75. The molecule has 0 bridgehead atoms. The Bertz CT molecular complexity index is 834. The zero-order chi connectivity index (χ0) is 20.1. The van der Waals surface area contributed by atoms with E-state index in [4.69, 9.17) is 11.6 Å². The number of nitrogens with zero attached hydrogens (tertiary/aromatic N) is 1. The SMILES string of the molecule is CCN(CC)c1ccc(NC(=O)C2CC2C(=O)NCc2ccccc2Cl)cc1. The zero-order valence-electron chi connectivity index (χ0n) is 16.2. The third-order valence-electron chi connectivity index (χ3n) is 5.14. The van der Waals surface area contributed by atoms with Crippen molar-refractivity contribution in [2.24, 2.45) is 11.8 Å². The van der Waals surface area contributed by atoms with Crippen LogP contribution in [0, 0.1) is 11.8 Å². The van der Waals surface area contributed by atoms with Crippen LogP contribution in [-0.2, 0) is 16.1 Å². The second kappa shape index (κ2) is 9.11. The van der Waals surface area contributed by atoms with Crippen LogP contribution in [0.25, 0.3) is 0 Å². The number of carbonyl (C=O) groups is 2. The molecule has 148 valence electrons. The molecule has 1 saturated carbocycles. The fourth-order valence-electron chi connectivity index (χ4n) is 3.31. The maximum absolute atomic E-state index is 12.4. The van der Waals surface area contributed by atoms with Gasteiger partial charge in [0.25, 0.3) is 0 Å². The lowest BCUT2D eigenvalue weighted by Crippen LogP contribution is -2.27. The number of rotatable bonds is 8. The molecule has 2 amide bonds. The van der Waals surface area contributed by atoms with Gasteiger partial charge in [0.15, 0.2) is 0 Å². The van der Waals surface area contributed by atoms with E-state index in [2.05, 4.69) is 29.4 Å². The van der Waals surface area contributed by atoms with Gasteiger partial charge in [-0.1, -0.05) is 29.8 Å². The summed E-state index contributed by atoms with van der Waals surface area (Å²) in [5, 5.41) is 6.42. The predicted octanol–water partition coefficient (Wildman–Crippen LogP) is 4.08. The first kappa shape index (κ1) is 20.2. The molecule has 0 heterocycles. The van der Waals surface area contributed by atoms with Crippen LogP contribution < -0.4 is 15.5 Å². The lowest BCUT2D eigenvalue weighted by Gasteiger charge is -2.21. The number of halogens is 1. The number of anilines is 2. The van der Waals surface area contributed by atoms with E-state index in [0.29, 0.717) is 18.0 Å². The van der Waals surface area contributed by atoms with E-state index in [0.717, 1.165) is 30.0 Å². The number of benzene rings is 2. The van der Waals surface area contributed by atoms with Crippen molar-refractivity contribution in [3.8, 4) is 0 Å². The van der Waals surface area contributed by atoms with Crippen LogP contribution in [0.1, 0.15) is 25.8 Å². The molecule has 28 heavy (non-hydrogen) atoms. The molecule has 6 heteroatoms. The highest BCUT2D eigenvalue weighted by Gasteiger charge is 2.47. The molecule has 2 aromatic carbocycles. The first-order chi connectivity index (χ1) is 13.5. The van der Waals surface area contributed by atoms with Gasteiger partial charge in [-0.25, -0.2) is 0 Å². The van der Waals surface area contributed by atoms with Crippen molar-refractivity contribution in [2.75, 3.05) is 23.3 Å². The Balaban J connectivity index is 1.48. The Morgan fingerprint density at radius 1 is 1.00 bits per heavy atom. The van der Waals surface area contributed by atoms with Gasteiger partial charge in [-0.05, 0) is 56.2 Å². The van der Waals surface area contributed by atoms with E-state index >= 15 is 0 Å². The van der Waals surface area contributed by atoms with E-state index in [9.17, 15) is 9.59 Å². The van der Waals surface area contributed by atoms with Crippen LogP contribution in [0.4, 0.5) is 11.4 Å². The minimum absolute atomic E-state index is 0.100. The molecule has 1 aliphatic carbocycles. The largest absolute Gasteiger partial charge is 0.372 e. The van der Waals surface area contributed by atoms with Crippen LogP contribution >= 0.6 is 11.6 Å². The van der Waals surface area contributed by atoms with E-state index in [-0.39, 0.29) is 23.7 Å². The Labute approximate surface area is 171 Å². The molecule has 0 aromatic heterocycles. The van der Waals surface area contributed by atoms with Crippen molar-refractivity contribution in [3.05, 3.63) is 59.1 Å². The number of amides is 2. The smallest absolute Gasteiger partial charge is 0.228 e. The second-order valence-corrected chi connectivity index (χ2v) is 7.37. The van der Waals surface area contributed by atoms with Crippen LogP contribution in [0.3, 0.4) is 0 Å². The Morgan fingerprint density at radius 2 is 1.64 bits per heavy atom. The lowest BCUT2D eigenvalue weighted by molar-refractivity contribution is -0.125. The summed E-state index contributed by atoms with van der Waals surface area (Å²) in [7, 11) is 0. The van der Waals surface area contributed by atoms with Crippen molar-refractivity contribution in [1.29, 1.82) is 0 Å². The molecule has 1 aliphatic rings. The number of nitrogens with one attached hydrogen (secondary N) is 2. The summed E-state index contributed by atoms with van der Waals surface area (Å²) in [4.78, 5) is 27.0. The predicted molar refractivity (Wildman–Crippen MR) is 114 cm³/mol. The summed E-state index contributed by atoms with van der Waals surface area (Å²) in [5.74, 6) is -0.739. The molecule has 2 unspecified atom stereocenters. The maximum Gasteiger partial charge on any atom is 0.228 e. The average Bonchev–Trinajstić information content (AvgIpc) is 3.50. The van der Waals surface area contributed by atoms with Crippen molar-refractivity contribution in [1.82, 2.24) is 5.32 Å². The molecule has 5 nitrogen and oxygen atoms in total. The minimum Gasteiger partial charge on any atom is -0.372 e. The summed E-state index contributed by atoms with van der Waals surface area (Å²) in [6.45, 7) is 6.48. The van der Waals surface area contributed by atoms with Gasteiger partial charge in [0, 0.05) is 36.0 Å². The van der Waals surface area contributed by atoms with Crippen LogP contribution in [0.2, 0.25) is 5.02 Å². The molecule has 0 spiro atoms. The first-order valence-electron chi connectivity index (χ1n) is 9.70. The third kappa shape index (κ3) is 4.84. The van der Waals surface area contributed by atoms with Crippen molar-refractivity contribution < 1.29 is 9.59 Å². The molecule has 2 N–H and O–H groups in total. The fourth-order valence-corrected chi connectivity index (χ4v) is 3.51. The van der Waals surface area contributed by atoms with Crippen molar-refractivity contribution >= 4 is 34.8 Å². The molecule has 0 aliphatic heterocycles. The van der Waals surface area contributed by atoms with E-state index in [1.165, 1.54) is 0 Å². The number of hydrogen-bond acceptors (Lipinski definition) is 3. The van der Waals surface area contributed by atoms with Gasteiger partial charge >= 0.3 is 0 Å². The highest BCUT2D eigenvalue weighted by molar-refractivity contribution is 6.31. The molecular formula is C22H26ClN3O2. The molecule has 2 aromatic rings. The summed E-state index contributed by atoms with van der Waals surface area (Å²) < 4.78 is 0.